The third-order valence-corrected chi connectivity index (χ3v) is 2.53. The summed E-state index contributed by atoms with van der Waals surface area (Å²) in [5.74, 6) is 7.90. The third kappa shape index (κ3) is 2.05. The van der Waals surface area contributed by atoms with E-state index in [2.05, 4.69) is 16.3 Å². The van der Waals surface area contributed by atoms with E-state index in [9.17, 15) is 0 Å². The summed E-state index contributed by atoms with van der Waals surface area (Å²) < 4.78 is 0. The fourth-order valence-electron chi connectivity index (χ4n) is 0.898. The van der Waals surface area contributed by atoms with E-state index in [0.29, 0.717) is 6.42 Å². The van der Waals surface area contributed by atoms with Crippen LogP contribution < -0.4 is 11.3 Å². The summed E-state index contributed by atoms with van der Waals surface area (Å²) in [5.41, 5.74) is 2.66. The Kier molecular flexibility index (Phi) is 3.23. The first-order chi connectivity index (χ1) is 5.77. The molecule has 1 aromatic rings. The molecule has 0 aliphatic carbocycles. The minimum absolute atomic E-state index is 0.0428. The van der Waals surface area contributed by atoms with Crippen LogP contribution in [-0.4, -0.2) is 4.98 Å². The van der Waals surface area contributed by atoms with E-state index in [1.165, 1.54) is 0 Å². The van der Waals surface area contributed by atoms with Gasteiger partial charge < -0.3 is 0 Å². The first kappa shape index (κ1) is 9.20. The van der Waals surface area contributed by atoms with Crippen molar-refractivity contribution in [2.24, 2.45) is 5.84 Å². The molecule has 0 fully saturated rings. The minimum Gasteiger partial charge on any atom is -0.271 e. The molecule has 0 spiro atoms. The maximum absolute atomic E-state index is 5.33. The number of rotatable bonds is 3. The van der Waals surface area contributed by atoms with Gasteiger partial charge in [0.05, 0.1) is 11.0 Å². The number of nitrogens with zero attached hydrogens (tertiary/aromatic N) is 1. The molecule has 0 aromatic carbocycles. The van der Waals surface area contributed by atoms with Crippen molar-refractivity contribution >= 4 is 11.3 Å². The average Bonchev–Trinajstić information content (AvgIpc) is 2.47. The van der Waals surface area contributed by atoms with Gasteiger partial charge in [-0.1, -0.05) is 0 Å². The second kappa shape index (κ2) is 4.21. The molecule has 0 aliphatic heterocycles. The lowest BCUT2D eigenvalue weighted by Gasteiger charge is -2.08. The Labute approximate surface area is 76.0 Å². The summed E-state index contributed by atoms with van der Waals surface area (Å²) in [6, 6.07) is 0.0428. The van der Waals surface area contributed by atoms with Gasteiger partial charge >= 0.3 is 0 Å². The molecule has 1 unspecified atom stereocenters. The zero-order valence-corrected chi connectivity index (χ0v) is 7.69. The van der Waals surface area contributed by atoms with E-state index in [0.717, 1.165) is 9.88 Å². The van der Waals surface area contributed by atoms with Crippen molar-refractivity contribution in [2.45, 2.75) is 19.4 Å². The standard InChI is InChI=1S/C8H11N3S/c1-3-4-7(11-9)8-5-10-6(2)12-8/h1,5,7,11H,4,9H2,2H3. The summed E-state index contributed by atoms with van der Waals surface area (Å²) in [7, 11) is 0. The second-order valence-electron chi connectivity index (χ2n) is 2.41. The quantitative estimate of drug-likeness (QED) is 0.415. The van der Waals surface area contributed by atoms with Crippen LogP contribution in [0.2, 0.25) is 0 Å². The minimum atomic E-state index is 0.0428. The number of hydrogen-bond acceptors (Lipinski definition) is 4. The van der Waals surface area contributed by atoms with Crippen LogP contribution >= 0.6 is 11.3 Å². The van der Waals surface area contributed by atoms with Crippen LogP contribution in [0.15, 0.2) is 6.20 Å². The number of nitrogens with one attached hydrogen (secondary N) is 1. The molecule has 3 nitrogen and oxygen atoms in total. The highest BCUT2D eigenvalue weighted by Crippen LogP contribution is 2.21. The number of hydrazine groups is 1. The van der Waals surface area contributed by atoms with Crippen LogP contribution in [0, 0.1) is 19.3 Å². The molecular formula is C8H11N3S. The van der Waals surface area contributed by atoms with Gasteiger partial charge in [0.25, 0.3) is 0 Å². The Morgan fingerprint density at radius 2 is 2.67 bits per heavy atom. The van der Waals surface area contributed by atoms with Crippen molar-refractivity contribution in [2.75, 3.05) is 0 Å². The van der Waals surface area contributed by atoms with Crippen molar-refractivity contribution in [1.29, 1.82) is 0 Å². The molecule has 3 N–H and O–H groups in total. The molecule has 1 heterocycles. The zero-order chi connectivity index (χ0) is 8.97. The van der Waals surface area contributed by atoms with Gasteiger partial charge in [-0.3, -0.25) is 11.3 Å². The van der Waals surface area contributed by atoms with Crippen molar-refractivity contribution in [3.63, 3.8) is 0 Å². The Bertz CT molecular complexity index is 287. The molecule has 4 heteroatoms. The molecule has 1 rings (SSSR count). The predicted octanol–water partition coefficient (Wildman–Crippen LogP) is 0.979. The summed E-state index contributed by atoms with van der Waals surface area (Å²) in [6.45, 7) is 1.96. The fraction of sp³-hybridized carbons (Fsp3) is 0.375. The third-order valence-electron chi connectivity index (χ3n) is 1.51. The molecule has 1 aromatic heterocycles. The molecule has 1 atom stereocenters. The van der Waals surface area contributed by atoms with Gasteiger partial charge in [0.1, 0.15) is 0 Å². The van der Waals surface area contributed by atoms with E-state index in [1.807, 2.05) is 13.1 Å². The van der Waals surface area contributed by atoms with Crippen LogP contribution in [0.1, 0.15) is 22.3 Å². The van der Waals surface area contributed by atoms with Gasteiger partial charge in [-0.15, -0.1) is 23.7 Å². The summed E-state index contributed by atoms with van der Waals surface area (Å²) in [6.07, 6.45) is 7.59. The van der Waals surface area contributed by atoms with E-state index in [1.54, 1.807) is 11.3 Å². The Morgan fingerprint density at radius 1 is 1.92 bits per heavy atom. The van der Waals surface area contributed by atoms with E-state index < -0.39 is 0 Å². The summed E-state index contributed by atoms with van der Waals surface area (Å²) in [5, 5.41) is 1.03. The van der Waals surface area contributed by atoms with Crippen molar-refractivity contribution < 1.29 is 0 Å². The Balaban J connectivity index is 2.74. The highest BCUT2D eigenvalue weighted by Gasteiger charge is 2.10. The average molecular weight is 181 g/mol. The van der Waals surface area contributed by atoms with Crippen LogP contribution in [0.5, 0.6) is 0 Å². The predicted molar refractivity (Wildman–Crippen MR) is 50.4 cm³/mol. The molecule has 0 saturated carbocycles. The highest BCUT2D eigenvalue weighted by molar-refractivity contribution is 7.11. The van der Waals surface area contributed by atoms with Crippen molar-refractivity contribution in [3.05, 3.63) is 16.1 Å². The Hall–Kier alpha value is -0.890. The maximum Gasteiger partial charge on any atom is 0.0897 e. The lowest BCUT2D eigenvalue weighted by atomic mass is 10.2. The lowest BCUT2D eigenvalue weighted by Crippen LogP contribution is -2.26. The van der Waals surface area contributed by atoms with Crippen molar-refractivity contribution in [1.82, 2.24) is 10.4 Å². The second-order valence-corrected chi connectivity index (χ2v) is 3.68. The molecule has 0 bridgehead atoms. The molecule has 64 valence electrons. The van der Waals surface area contributed by atoms with E-state index in [4.69, 9.17) is 12.3 Å². The number of nitrogens with two attached hydrogens (primary N) is 1. The number of hydrogen-bond donors (Lipinski definition) is 2. The van der Waals surface area contributed by atoms with Gasteiger partial charge in [-0.05, 0) is 6.92 Å². The molecule has 0 aliphatic rings. The monoisotopic (exact) mass is 181 g/mol. The molecule has 0 saturated heterocycles. The number of aryl methyl sites for hydroxylation is 1. The van der Waals surface area contributed by atoms with Crippen LogP contribution in [0.3, 0.4) is 0 Å². The molecule has 0 radical (unpaired) electrons. The first-order valence-corrected chi connectivity index (χ1v) is 4.41. The number of thiazole rings is 1. The van der Waals surface area contributed by atoms with Crippen LogP contribution in [-0.2, 0) is 0 Å². The number of aromatic nitrogens is 1. The van der Waals surface area contributed by atoms with Gasteiger partial charge in [0.15, 0.2) is 0 Å². The lowest BCUT2D eigenvalue weighted by molar-refractivity contribution is 0.576. The normalized spacial score (nSPS) is 12.4. The largest absolute Gasteiger partial charge is 0.271 e. The van der Waals surface area contributed by atoms with Crippen LogP contribution in [0.4, 0.5) is 0 Å². The smallest absolute Gasteiger partial charge is 0.0897 e. The number of terminal acetylenes is 1. The first-order valence-electron chi connectivity index (χ1n) is 3.60. The Morgan fingerprint density at radius 3 is 3.08 bits per heavy atom. The summed E-state index contributed by atoms with van der Waals surface area (Å²) >= 11 is 1.61. The van der Waals surface area contributed by atoms with Crippen molar-refractivity contribution in [3.8, 4) is 12.3 Å². The van der Waals surface area contributed by atoms with E-state index >= 15 is 0 Å². The SMILES string of the molecule is C#CCC(NN)c1cnc(C)s1. The maximum atomic E-state index is 5.33. The topological polar surface area (TPSA) is 50.9 Å². The summed E-state index contributed by atoms with van der Waals surface area (Å²) in [4.78, 5) is 5.21. The van der Waals surface area contributed by atoms with Gasteiger partial charge in [-0.2, -0.15) is 0 Å². The molecule has 12 heavy (non-hydrogen) atoms. The fourth-order valence-corrected chi connectivity index (χ4v) is 1.74. The van der Waals surface area contributed by atoms with Crippen LogP contribution in [0.25, 0.3) is 0 Å². The van der Waals surface area contributed by atoms with Gasteiger partial charge in [0.2, 0.25) is 0 Å². The molecule has 0 amide bonds. The van der Waals surface area contributed by atoms with Gasteiger partial charge in [-0.25, -0.2) is 4.98 Å². The molecular weight excluding hydrogens is 170 g/mol. The highest BCUT2D eigenvalue weighted by atomic mass is 32.1. The zero-order valence-electron chi connectivity index (χ0n) is 6.87. The van der Waals surface area contributed by atoms with E-state index in [-0.39, 0.29) is 6.04 Å². The van der Waals surface area contributed by atoms with Gasteiger partial charge in [0, 0.05) is 17.5 Å².